The Bertz CT molecular complexity index is 1210. The highest BCUT2D eigenvalue weighted by atomic mass is 19.1. The van der Waals surface area contributed by atoms with Crippen LogP contribution in [0.15, 0.2) is 78.9 Å². The summed E-state index contributed by atoms with van der Waals surface area (Å²) in [7, 11) is 0. The lowest BCUT2D eigenvalue weighted by Gasteiger charge is -2.32. The number of carbonyl (C=O) groups is 2. The maximum Gasteiger partial charge on any atom is 0.261 e. The number of hydrogen-bond acceptors (Lipinski definition) is 3. The predicted octanol–water partition coefficient (Wildman–Crippen LogP) is 6.20. The molecule has 3 aromatic carbocycles. The number of carbonyl (C=O) groups excluding carboxylic acids is 2. The van der Waals surface area contributed by atoms with Gasteiger partial charge in [0.15, 0.2) is 6.61 Å². The fourth-order valence-corrected chi connectivity index (χ4v) is 4.99. The summed E-state index contributed by atoms with van der Waals surface area (Å²) in [5, 5.41) is 3.19. The van der Waals surface area contributed by atoms with E-state index in [0.717, 1.165) is 36.8 Å². The van der Waals surface area contributed by atoms with Gasteiger partial charge < -0.3 is 15.0 Å². The van der Waals surface area contributed by atoms with Gasteiger partial charge in [-0.2, -0.15) is 0 Å². The van der Waals surface area contributed by atoms with E-state index in [-0.39, 0.29) is 42.2 Å². The van der Waals surface area contributed by atoms with E-state index in [9.17, 15) is 14.0 Å². The van der Waals surface area contributed by atoms with Crippen molar-refractivity contribution < 1.29 is 18.7 Å². The number of hydrogen-bond donors (Lipinski definition) is 1. The van der Waals surface area contributed by atoms with Crippen molar-refractivity contribution in [1.29, 1.82) is 0 Å². The van der Waals surface area contributed by atoms with Gasteiger partial charge in [0.25, 0.3) is 5.91 Å². The Hall–Kier alpha value is -3.67. The van der Waals surface area contributed by atoms with E-state index in [1.54, 1.807) is 17.0 Å². The Morgan fingerprint density at radius 2 is 1.56 bits per heavy atom. The van der Waals surface area contributed by atoms with Crippen LogP contribution in [0.25, 0.3) is 0 Å². The van der Waals surface area contributed by atoms with Crippen LogP contribution in [-0.4, -0.2) is 35.4 Å². The molecule has 4 rings (SSSR count). The van der Waals surface area contributed by atoms with Crippen molar-refractivity contribution in [3.63, 3.8) is 0 Å². The Kier molecular flexibility index (Phi) is 9.39. The molecule has 1 fully saturated rings. The molecule has 0 aliphatic heterocycles. The minimum atomic E-state index is -0.739. The minimum absolute atomic E-state index is 0.0116. The lowest BCUT2D eigenvalue weighted by Crippen LogP contribution is -2.53. The zero-order valence-corrected chi connectivity index (χ0v) is 23.2. The van der Waals surface area contributed by atoms with E-state index in [2.05, 4.69) is 26.1 Å². The number of amides is 2. The molecule has 1 N–H and O–H groups in total. The van der Waals surface area contributed by atoms with Gasteiger partial charge in [-0.15, -0.1) is 0 Å². The molecule has 206 valence electrons. The second-order valence-corrected chi connectivity index (χ2v) is 11.4. The third kappa shape index (κ3) is 8.16. The van der Waals surface area contributed by atoms with Crippen LogP contribution in [0.4, 0.5) is 4.39 Å². The summed E-state index contributed by atoms with van der Waals surface area (Å²) in [5.74, 6) is -0.232. The van der Waals surface area contributed by atoms with E-state index in [1.165, 1.54) is 17.7 Å². The van der Waals surface area contributed by atoms with Crippen molar-refractivity contribution in [3.05, 3.63) is 101 Å². The Morgan fingerprint density at radius 1 is 0.923 bits per heavy atom. The average Bonchev–Trinajstić information content (AvgIpc) is 3.43. The van der Waals surface area contributed by atoms with Crippen molar-refractivity contribution in [1.82, 2.24) is 10.2 Å². The summed E-state index contributed by atoms with van der Waals surface area (Å²) in [6.07, 6.45) is 4.45. The van der Waals surface area contributed by atoms with Crippen LogP contribution >= 0.6 is 0 Å². The number of benzene rings is 3. The van der Waals surface area contributed by atoms with Crippen LogP contribution in [0.3, 0.4) is 0 Å². The fraction of sp³-hybridized carbons (Fsp3) is 0.394. The molecule has 0 radical (unpaired) electrons. The Balaban J connectivity index is 1.58. The Labute approximate surface area is 231 Å². The number of nitrogens with zero attached hydrogens (tertiary/aromatic N) is 1. The van der Waals surface area contributed by atoms with Gasteiger partial charge in [-0.1, -0.05) is 88.2 Å². The largest absolute Gasteiger partial charge is 0.484 e. The van der Waals surface area contributed by atoms with Gasteiger partial charge in [-0.25, -0.2) is 4.39 Å². The molecule has 1 saturated carbocycles. The first-order chi connectivity index (χ1) is 18.7. The van der Waals surface area contributed by atoms with E-state index >= 15 is 0 Å². The lowest BCUT2D eigenvalue weighted by molar-refractivity contribution is -0.143. The molecular formula is C33H39FN2O3. The molecular weight excluding hydrogens is 491 g/mol. The number of halogens is 1. The van der Waals surface area contributed by atoms with E-state index in [1.807, 2.05) is 54.6 Å². The van der Waals surface area contributed by atoms with Gasteiger partial charge in [0.05, 0.1) is 0 Å². The van der Waals surface area contributed by atoms with Gasteiger partial charge in [0.2, 0.25) is 5.91 Å². The number of ether oxygens (including phenoxy) is 1. The molecule has 1 aliphatic carbocycles. The summed E-state index contributed by atoms with van der Waals surface area (Å²) in [6.45, 7) is 6.38. The monoisotopic (exact) mass is 530 g/mol. The highest BCUT2D eigenvalue weighted by Gasteiger charge is 2.32. The molecule has 39 heavy (non-hydrogen) atoms. The van der Waals surface area contributed by atoms with Gasteiger partial charge in [-0.05, 0) is 59.2 Å². The molecule has 0 heterocycles. The van der Waals surface area contributed by atoms with Gasteiger partial charge in [-0.3, -0.25) is 9.59 Å². The van der Waals surface area contributed by atoms with Crippen molar-refractivity contribution in [2.24, 2.45) is 0 Å². The van der Waals surface area contributed by atoms with Crippen LogP contribution in [0.1, 0.15) is 63.1 Å². The fourth-order valence-electron chi connectivity index (χ4n) is 4.99. The van der Waals surface area contributed by atoms with Crippen molar-refractivity contribution in [2.75, 3.05) is 6.61 Å². The number of nitrogens with one attached hydrogen (secondary N) is 1. The van der Waals surface area contributed by atoms with Gasteiger partial charge >= 0.3 is 0 Å². The normalized spacial score (nSPS) is 14.6. The van der Waals surface area contributed by atoms with Crippen LogP contribution in [0, 0.1) is 5.82 Å². The topological polar surface area (TPSA) is 58.6 Å². The van der Waals surface area contributed by atoms with Gasteiger partial charge in [0.1, 0.15) is 17.6 Å². The molecule has 1 aliphatic rings. The maximum absolute atomic E-state index is 13.7. The highest BCUT2D eigenvalue weighted by Crippen LogP contribution is 2.25. The zero-order chi connectivity index (χ0) is 27.8. The molecule has 2 amide bonds. The SMILES string of the molecule is CC(C)(C)c1ccc(OCC(=O)N(Cc2ccc(F)cc2)C(Cc2ccccc2)C(=O)NC2CCCC2)cc1. The summed E-state index contributed by atoms with van der Waals surface area (Å²) < 4.78 is 19.5. The molecule has 0 spiro atoms. The molecule has 3 aromatic rings. The zero-order valence-electron chi connectivity index (χ0n) is 23.2. The van der Waals surface area contributed by atoms with Crippen molar-refractivity contribution >= 4 is 11.8 Å². The molecule has 1 atom stereocenters. The summed E-state index contributed by atoms with van der Waals surface area (Å²) in [6, 6.07) is 22.9. The Morgan fingerprint density at radius 3 is 2.18 bits per heavy atom. The predicted molar refractivity (Wildman–Crippen MR) is 152 cm³/mol. The third-order valence-corrected chi connectivity index (χ3v) is 7.32. The van der Waals surface area contributed by atoms with E-state index in [0.29, 0.717) is 12.2 Å². The minimum Gasteiger partial charge on any atom is -0.484 e. The van der Waals surface area contributed by atoms with Crippen LogP contribution in [-0.2, 0) is 28.0 Å². The third-order valence-electron chi connectivity index (χ3n) is 7.32. The molecule has 6 heteroatoms. The van der Waals surface area contributed by atoms with E-state index < -0.39 is 6.04 Å². The summed E-state index contributed by atoms with van der Waals surface area (Å²) in [5.41, 5.74) is 2.88. The van der Waals surface area contributed by atoms with Crippen molar-refractivity contribution in [3.8, 4) is 5.75 Å². The molecule has 5 nitrogen and oxygen atoms in total. The van der Waals surface area contributed by atoms with Crippen molar-refractivity contribution in [2.45, 2.75) is 76.9 Å². The second kappa shape index (κ2) is 12.9. The average molecular weight is 531 g/mol. The summed E-state index contributed by atoms with van der Waals surface area (Å²) >= 11 is 0. The molecule has 0 aromatic heterocycles. The summed E-state index contributed by atoms with van der Waals surface area (Å²) in [4.78, 5) is 29.0. The second-order valence-electron chi connectivity index (χ2n) is 11.4. The van der Waals surface area contributed by atoms with Gasteiger partial charge in [0, 0.05) is 19.0 Å². The lowest BCUT2D eigenvalue weighted by atomic mass is 9.87. The van der Waals surface area contributed by atoms with Crippen LogP contribution in [0.5, 0.6) is 5.75 Å². The smallest absolute Gasteiger partial charge is 0.261 e. The molecule has 1 unspecified atom stereocenters. The first-order valence-corrected chi connectivity index (χ1v) is 13.8. The van der Waals surface area contributed by atoms with Crippen LogP contribution < -0.4 is 10.1 Å². The first kappa shape index (κ1) is 28.3. The van der Waals surface area contributed by atoms with Crippen LogP contribution in [0.2, 0.25) is 0 Å². The quantitative estimate of drug-likeness (QED) is 0.340. The molecule has 0 saturated heterocycles. The standard InChI is InChI=1S/C33H39FN2O3/c1-33(2,3)26-15-19-29(20-16-26)39-23-31(37)36(22-25-13-17-27(34)18-14-25)30(21-24-9-5-4-6-10-24)32(38)35-28-11-7-8-12-28/h4-6,9-10,13-20,28,30H,7-8,11-12,21-23H2,1-3H3,(H,35,38). The highest BCUT2D eigenvalue weighted by molar-refractivity contribution is 5.88. The van der Waals surface area contributed by atoms with E-state index in [4.69, 9.17) is 4.74 Å². The molecule has 0 bridgehead atoms. The first-order valence-electron chi connectivity index (χ1n) is 13.8. The maximum atomic E-state index is 13.7. The number of rotatable bonds is 10.